The number of halogens is 1. The molecule has 2 rings (SSSR count). The Kier molecular flexibility index (Phi) is 8.38. The summed E-state index contributed by atoms with van der Waals surface area (Å²) in [6.07, 6.45) is 21.3. The van der Waals surface area contributed by atoms with Gasteiger partial charge in [0.15, 0.2) is 0 Å². The Morgan fingerprint density at radius 3 is 1.57 bits per heavy atom. The van der Waals surface area contributed by atoms with Crippen LogP contribution in [0.15, 0.2) is 0 Å². The maximum absolute atomic E-state index is 14.0. The molecule has 0 spiro atoms. The molecule has 138 valence electrons. The average Bonchev–Trinajstić information content (AvgIpc) is 2.50. The van der Waals surface area contributed by atoms with Crippen molar-refractivity contribution in [2.24, 2.45) is 5.92 Å². The maximum atomic E-state index is 14.0. The molecule has 1 unspecified atom stereocenters. The van der Waals surface area contributed by atoms with E-state index in [1.807, 2.05) is 0 Å². The van der Waals surface area contributed by atoms with E-state index in [0.29, 0.717) is 5.25 Å². The van der Waals surface area contributed by atoms with E-state index in [1.54, 1.807) is 0 Å². The van der Waals surface area contributed by atoms with E-state index >= 15 is 0 Å². The molecule has 0 amide bonds. The largest absolute Gasteiger partial charge is 0.273 e. The van der Waals surface area contributed by atoms with Crippen molar-refractivity contribution in [3.05, 3.63) is 0 Å². The van der Waals surface area contributed by atoms with E-state index in [-0.39, 0.29) is 0 Å². The molecule has 1 aliphatic heterocycles. The molecular formula is C20H39IOS. The van der Waals surface area contributed by atoms with E-state index in [9.17, 15) is 4.21 Å². The topological polar surface area (TPSA) is 17.1 Å². The first-order valence-electron chi connectivity index (χ1n) is 10.3. The lowest BCUT2D eigenvalue weighted by Crippen LogP contribution is -2.45. The van der Waals surface area contributed by atoms with Crippen LogP contribution in [0.3, 0.4) is 0 Å². The second kappa shape index (κ2) is 9.54. The molecule has 0 aromatic rings. The molecule has 1 saturated heterocycles. The Morgan fingerprint density at radius 2 is 1.04 bits per heavy atom. The molecular weight excluding hydrogens is 415 g/mol. The summed E-state index contributed by atoms with van der Waals surface area (Å²) < 4.78 is 14.0. The van der Waals surface area contributed by atoms with Gasteiger partial charge in [-0.1, -0.05) is 77.0 Å². The fourth-order valence-electron chi connectivity index (χ4n) is 4.87. The lowest BCUT2D eigenvalue weighted by atomic mass is 9.87. The third-order valence-corrected chi connectivity index (χ3v) is 13.0. The molecule has 2 aliphatic rings. The molecule has 3 heteroatoms. The minimum Gasteiger partial charge on any atom is -0.273 e. The molecule has 0 radical (unpaired) electrons. The molecule has 0 N–H and O–H groups in total. The van der Waals surface area contributed by atoms with Gasteiger partial charge in [0, 0.05) is 38.5 Å². The Bertz CT molecular complexity index is 390. The number of rotatable bonds is 1. The van der Waals surface area contributed by atoms with Crippen molar-refractivity contribution in [1.82, 2.24) is 0 Å². The van der Waals surface area contributed by atoms with Gasteiger partial charge in [-0.2, -0.15) is 0 Å². The molecule has 1 aliphatic carbocycles. The fourth-order valence-corrected chi connectivity index (χ4v) is 11.0. The predicted molar refractivity (Wildman–Crippen MR) is 114 cm³/mol. The monoisotopic (exact) mass is 454 g/mol. The molecule has 1 atom stereocenters. The molecule has 0 bridgehead atoms. The summed E-state index contributed by atoms with van der Waals surface area (Å²) in [5, 5.41) is 0.491. The summed E-state index contributed by atoms with van der Waals surface area (Å²) in [5.74, 6) is 1.72. The first kappa shape index (κ1) is 20.2. The minimum absolute atomic E-state index is 0.491. The smallest absolute Gasteiger partial charge is 0.0258 e. The van der Waals surface area contributed by atoms with Crippen molar-refractivity contribution in [3.8, 4) is 0 Å². The van der Waals surface area contributed by atoms with Crippen molar-refractivity contribution < 1.29 is 4.21 Å². The number of hydrogen-bond donors (Lipinski definition) is 0. The lowest BCUT2D eigenvalue weighted by molar-refractivity contribution is 0.357. The summed E-state index contributed by atoms with van der Waals surface area (Å²) in [7, 11) is 0. The zero-order chi connectivity index (χ0) is 16.6. The Labute approximate surface area is 157 Å². The van der Waals surface area contributed by atoms with Gasteiger partial charge in [-0.15, -0.1) is 0 Å². The van der Waals surface area contributed by atoms with Gasteiger partial charge in [0.2, 0.25) is 0 Å². The highest BCUT2D eigenvalue weighted by Gasteiger charge is 2.41. The standard InChI is InChI=1S/C20H39IOS/c1-23(21,22)18-14-10-6-5-9-13-17-20(23)19-15-11-7-3-2-4-8-12-16-19/h19-20H,2-18H2,1H3. The molecule has 0 aromatic carbocycles. The highest BCUT2D eigenvalue weighted by Crippen LogP contribution is 2.46. The Hall–Kier alpha value is 0.880. The van der Waals surface area contributed by atoms with Crippen LogP contribution < -0.4 is 0 Å². The first-order chi connectivity index (χ1) is 11.0. The van der Waals surface area contributed by atoms with Gasteiger partial charge in [-0.25, -0.2) is 0 Å². The van der Waals surface area contributed by atoms with Crippen LogP contribution in [-0.2, 0) is 6.24 Å². The van der Waals surface area contributed by atoms with E-state index in [2.05, 4.69) is 27.5 Å². The van der Waals surface area contributed by atoms with Crippen LogP contribution >= 0.6 is 21.2 Å². The van der Waals surface area contributed by atoms with Crippen LogP contribution in [0.1, 0.15) is 103 Å². The second-order valence-electron chi connectivity index (χ2n) is 8.45. The van der Waals surface area contributed by atoms with Gasteiger partial charge in [0.1, 0.15) is 0 Å². The molecule has 23 heavy (non-hydrogen) atoms. The quantitative estimate of drug-likeness (QED) is 0.307. The summed E-state index contributed by atoms with van der Waals surface area (Å²) in [6, 6.07) is 0. The summed E-state index contributed by atoms with van der Waals surface area (Å²) in [4.78, 5) is 0. The third kappa shape index (κ3) is 6.95. The van der Waals surface area contributed by atoms with Crippen molar-refractivity contribution in [3.63, 3.8) is 0 Å². The minimum atomic E-state index is -2.50. The van der Waals surface area contributed by atoms with Crippen LogP contribution in [-0.4, -0.2) is 21.5 Å². The van der Waals surface area contributed by atoms with Crippen LogP contribution in [0.2, 0.25) is 0 Å². The van der Waals surface area contributed by atoms with Crippen molar-refractivity contribution in [1.29, 1.82) is 0 Å². The molecule has 0 aromatic heterocycles. The molecule has 1 saturated carbocycles. The van der Waals surface area contributed by atoms with Crippen LogP contribution in [0.25, 0.3) is 0 Å². The Morgan fingerprint density at radius 1 is 0.652 bits per heavy atom. The SMILES string of the molecule is CS1(=O)(I)CCCCCCCCC1C1CCCCCCCCC1. The van der Waals surface area contributed by atoms with Gasteiger partial charge < -0.3 is 0 Å². The van der Waals surface area contributed by atoms with E-state index in [0.717, 1.165) is 11.7 Å². The zero-order valence-electron chi connectivity index (χ0n) is 15.4. The normalized spacial score (nSPS) is 33.8. The van der Waals surface area contributed by atoms with Crippen molar-refractivity contribution >= 4 is 27.4 Å². The van der Waals surface area contributed by atoms with Crippen molar-refractivity contribution in [2.45, 2.75) is 108 Å². The third-order valence-electron chi connectivity index (χ3n) is 6.30. The van der Waals surface area contributed by atoms with Gasteiger partial charge in [-0.3, -0.25) is 4.21 Å². The number of hydrogen-bond acceptors (Lipinski definition) is 1. The molecule has 1 heterocycles. The molecule has 1 nitrogen and oxygen atoms in total. The van der Waals surface area contributed by atoms with Crippen LogP contribution in [0, 0.1) is 5.92 Å². The highest BCUT2D eigenvalue weighted by molar-refractivity contribution is 14.2. The van der Waals surface area contributed by atoms with Crippen molar-refractivity contribution in [2.75, 3.05) is 12.0 Å². The molecule has 2 fully saturated rings. The maximum Gasteiger partial charge on any atom is 0.0258 e. The van der Waals surface area contributed by atoms with Crippen LogP contribution in [0.4, 0.5) is 0 Å². The zero-order valence-corrected chi connectivity index (χ0v) is 18.3. The Balaban J connectivity index is 2.11. The predicted octanol–water partition coefficient (Wildman–Crippen LogP) is 7.04. The van der Waals surface area contributed by atoms with Gasteiger partial charge in [0.25, 0.3) is 0 Å². The van der Waals surface area contributed by atoms with Gasteiger partial charge in [0.05, 0.1) is 0 Å². The summed E-state index contributed by atoms with van der Waals surface area (Å²) >= 11 is 2.45. The first-order valence-corrected chi connectivity index (χ1v) is 15.5. The highest BCUT2D eigenvalue weighted by atomic mass is 127. The van der Waals surface area contributed by atoms with Gasteiger partial charge >= 0.3 is 0 Å². The average molecular weight is 455 g/mol. The summed E-state index contributed by atoms with van der Waals surface area (Å²) in [5.41, 5.74) is 0. The van der Waals surface area contributed by atoms with E-state index < -0.39 is 6.24 Å². The summed E-state index contributed by atoms with van der Waals surface area (Å²) in [6.45, 7) is 0. The van der Waals surface area contributed by atoms with E-state index in [4.69, 9.17) is 0 Å². The lowest BCUT2D eigenvalue weighted by Gasteiger charge is -2.45. The second-order valence-corrected chi connectivity index (χ2v) is 19.6. The van der Waals surface area contributed by atoms with Crippen LogP contribution in [0.5, 0.6) is 0 Å². The fraction of sp³-hybridized carbons (Fsp3) is 1.00. The van der Waals surface area contributed by atoms with Gasteiger partial charge in [-0.05, 0) is 37.8 Å². The van der Waals surface area contributed by atoms with E-state index in [1.165, 1.54) is 103 Å².